The molecule has 170 valence electrons. The van der Waals surface area contributed by atoms with Gasteiger partial charge in [0.2, 0.25) is 0 Å². The molecule has 0 radical (unpaired) electrons. The van der Waals surface area contributed by atoms with Gasteiger partial charge < -0.3 is 20.3 Å². The molecule has 2 aromatic rings. The number of benzene rings is 2. The number of nitrogens with one attached hydrogen (secondary N) is 2. The van der Waals surface area contributed by atoms with E-state index in [2.05, 4.69) is 45.7 Å². The fourth-order valence-electron chi connectivity index (χ4n) is 4.37. The minimum absolute atomic E-state index is 0.0338. The van der Waals surface area contributed by atoms with E-state index in [1.165, 1.54) is 11.3 Å². The van der Waals surface area contributed by atoms with E-state index in [1.54, 1.807) is 24.3 Å². The fourth-order valence-corrected chi connectivity index (χ4v) is 4.55. The number of ether oxygens (including phenoxy) is 1. The molecule has 1 saturated heterocycles. The molecule has 1 fully saturated rings. The first-order valence-electron chi connectivity index (χ1n) is 11.0. The quantitative estimate of drug-likeness (QED) is 0.677. The lowest BCUT2D eigenvalue weighted by Gasteiger charge is -2.36. The van der Waals surface area contributed by atoms with Crippen molar-refractivity contribution in [2.24, 2.45) is 0 Å². The van der Waals surface area contributed by atoms with Crippen LogP contribution in [0.3, 0.4) is 0 Å². The highest BCUT2D eigenvalue weighted by molar-refractivity contribution is 6.41. The predicted molar refractivity (Wildman–Crippen MR) is 126 cm³/mol. The third-order valence-electron chi connectivity index (χ3n) is 6.11. The largest absolute Gasteiger partial charge is 0.379 e. The predicted octanol–water partition coefficient (Wildman–Crippen LogP) is 2.85. The first kappa shape index (κ1) is 22.6. The molecule has 0 bridgehead atoms. The summed E-state index contributed by atoms with van der Waals surface area (Å²) in [5, 5.41) is 5.78. The maximum atomic E-state index is 12.5. The Morgan fingerprint density at radius 3 is 2.66 bits per heavy atom. The average molecular weight is 457 g/mol. The van der Waals surface area contributed by atoms with Crippen LogP contribution in [0.15, 0.2) is 42.5 Å². The van der Waals surface area contributed by atoms with Gasteiger partial charge in [0.25, 0.3) is 0 Å². The molecule has 2 aliphatic rings. The number of carbonyl (C=O) groups excluding carboxylic acids is 2. The lowest BCUT2D eigenvalue weighted by atomic mass is 9.95. The van der Waals surface area contributed by atoms with Crippen molar-refractivity contribution in [1.82, 2.24) is 10.2 Å². The van der Waals surface area contributed by atoms with Crippen LogP contribution in [-0.4, -0.2) is 63.2 Å². The Labute approximate surface area is 193 Å². The van der Waals surface area contributed by atoms with Gasteiger partial charge >= 0.3 is 11.8 Å². The van der Waals surface area contributed by atoms with Gasteiger partial charge in [0.15, 0.2) is 0 Å². The van der Waals surface area contributed by atoms with Crippen LogP contribution in [0.5, 0.6) is 0 Å². The van der Waals surface area contributed by atoms with Crippen LogP contribution in [0, 0.1) is 0 Å². The smallest absolute Gasteiger partial charge is 0.313 e. The van der Waals surface area contributed by atoms with Crippen molar-refractivity contribution in [2.75, 3.05) is 56.7 Å². The number of halogens is 1. The summed E-state index contributed by atoms with van der Waals surface area (Å²) in [6.07, 6.45) is 2.18. The molecular formula is C24H29ClN4O3. The molecule has 8 heteroatoms. The molecule has 32 heavy (non-hydrogen) atoms. The molecule has 0 spiro atoms. The first-order valence-corrected chi connectivity index (χ1v) is 11.4. The lowest BCUT2D eigenvalue weighted by Crippen LogP contribution is -2.45. The van der Waals surface area contributed by atoms with Gasteiger partial charge in [-0.15, -0.1) is 0 Å². The minimum atomic E-state index is -0.731. The number of hydrogen-bond donors (Lipinski definition) is 2. The highest BCUT2D eigenvalue weighted by Crippen LogP contribution is 2.31. The molecular weight excluding hydrogens is 428 g/mol. The Morgan fingerprint density at radius 2 is 1.88 bits per heavy atom. The number of nitrogens with zero attached hydrogens (tertiary/aromatic N) is 2. The molecule has 2 aliphatic heterocycles. The molecule has 2 aromatic carbocycles. The van der Waals surface area contributed by atoms with E-state index >= 15 is 0 Å². The number of fused-ring (bicyclic) bond motifs is 1. The van der Waals surface area contributed by atoms with Crippen molar-refractivity contribution >= 4 is 34.8 Å². The molecule has 7 nitrogen and oxygen atoms in total. The van der Waals surface area contributed by atoms with E-state index in [0.717, 1.165) is 38.0 Å². The van der Waals surface area contributed by atoms with Crippen molar-refractivity contribution in [2.45, 2.75) is 18.9 Å². The number of morpholine rings is 1. The number of hydrogen-bond acceptors (Lipinski definition) is 5. The molecule has 2 amide bonds. The second kappa shape index (κ2) is 10.3. The zero-order valence-electron chi connectivity index (χ0n) is 18.3. The van der Waals surface area contributed by atoms with E-state index in [-0.39, 0.29) is 6.04 Å². The van der Waals surface area contributed by atoms with Gasteiger partial charge in [-0.2, -0.15) is 0 Å². The molecule has 0 aromatic heterocycles. The van der Waals surface area contributed by atoms with E-state index in [4.69, 9.17) is 16.3 Å². The maximum Gasteiger partial charge on any atom is 0.313 e. The normalized spacial score (nSPS) is 17.4. The summed E-state index contributed by atoms with van der Waals surface area (Å²) in [5.74, 6) is -1.41. The summed E-state index contributed by atoms with van der Waals surface area (Å²) in [5.41, 5.74) is 4.16. The van der Waals surface area contributed by atoms with Gasteiger partial charge in [-0.3, -0.25) is 14.5 Å². The summed E-state index contributed by atoms with van der Waals surface area (Å²) < 4.78 is 5.52. The van der Waals surface area contributed by atoms with Crippen LogP contribution >= 0.6 is 11.6 Å². The number of aryl methyl sites for hydroxylation is 1. The summed E-state index contributed by atoms with van der Waals surface area (Å²) in [4.78, 5) is 29.5. The molecule has 2 heterocycles. The van der Waals surface area contributed by atoms with Gasteiger partial charge in [-0.1, -0.05) is 35.9 Å². The van der Waals surface area contributed by atoms with Crippen molar-refractivity contribution in [1.29, 1.82) is 0 Å². The van der Waals surface area contributed by atoms with Gasteiger partial charge in [0.05, 0.1) is 30.0 Å². The summed E-state index contributed by atoms with van der Waals surface area (Å²) in [6.45, 7) is 4.28. The van der Waals surface area contributed by atoms with Crippen molar-refractivity contribution in [3.8, 4) is 0 Å². The molecule has 0 aliphatic carbocycles. The van der Waals surface area contributed by atoms with E-state index in [1.807, 2.05) is 0 Å². The van der Waals surface area contributed by atoms with E-state index < -0.39 is 11.8 Å². The molecule has 0 unspecified atom stereocenters. The Kier molecular flexibility index (Phi) is 7.29. The van der Waals surface area contributed by atoms with Crippen molar-refractivity contribution < 1.29 is 14.3 Å². The lowest BCUT2D eigenvalue weighted by molar-refractivity contribution is -0.136. The Hall–Kier alpha value is -2.61. The second-order valence-corrected chi connectivity index (χ2v) is 8.63. The first-order chi connectivity index (χ1) is 15.5. The average Bonchev–Trinajstić information content (AvgIpc) is 2.81. The molecule has 4 rings (SSSR count). The number of amides is 2. The Bertz CT molecular complexity index is 977. The van der Waals surface area contributed by atoms with Crippen molar-refractivity contribution in [3.05, 3.63) is 58.6 Å². The number of rotatable bonds is 5. The molecule has 0 saturated carbocycles. The minimum Gasteiger partial charge on any atom is -0.379 e. The van der Waals surface area contributed by atoms with Crippen LogP contribution in [0.25, 0.3) is 0 Å². The SMILES string of the molecule is CN1CCCc2cc([C@@H](CNC(=O)C(=O)Nc3ccccc3Cl)N3CCOCC3)ccc21. The van der Waals surface area contributed by atoms with Crippen LogP contribution < -0.4 is 15.5 Å². The number of anilines is 2. The molecule has 2 N–H and O–H groups in total. The monoisotopic (exact) mass is 456 g/mol. The van der Waals surface area contributed by atoms with E-state index in [9.17, 15) is 9.59 Å². The van der Waals surface area contributed by atoms with Crippen LogP contribution in [0.2, 0.25) is 5.02 Å². The Morgan fingerprint density at radius 1 is 1.09 bits per heavy atom. The van der Waals surface area contributed by atoms with Crippen LogP contribution in [0.1, 0.15) is 23.6 Å². The van der Waals surface area contributed by atoms with Gasteiger partial charge in [0.1, 0.15) is 0 Å². The summed E-state index contributed by atoms with van der Waals surface area (Å²) in [7, 11) is 2.12. The molecule has 1 atom stereocenters. The maximum absolute atomic E-state index is 12.5. The van der Waals surface area contributed by atoms with Crippen molar-refractivity contribution in [3.63, 3.8) is 0 Å². The zero-order chi connectivity index (χ0) is 22.5. The summed E-state index contributed by atoms with van der Waals surface area (Å²) in [6, 6.07) is 13.4. The van der Waals surface area contributed by atoms with Gasteiger partial charge in [-0.05, 0) is 42.2 Å². The van der Waals surface area contributed by atoms with Crippen LogP contribution in [0.4, 0.5) is 11.4 Å². The van der Waals surface area contributed by atoms with Gasteiger partial charge in [-0.25, -0.2) is 0 Å². The fraction of sp³-hybridized carbons (Fsp3) is 0.417. The standard InChI is InChI=1S/C24H29ClN4O3/c1-28-10-4-5-17-15-18(8-9-21(17)28)22(29-11-13-32-14-12-29)16-26-23(30)24(31)27-20-7-3-2-6-19(20)25/h2-3,6-9,15,22H,4-5,10-14,16H2,1H3,(H,26,30)(H,27,31)/t22-/m1/s1. The number of para-hydroxylation sites is 1. The topological polar surface area (TPSA) is 73.9 Å². The Balaban J connectivity index is 1.47. The zero-order valence-corrected chi connectivity index (χ0v) is 19.0. The van der Waals surface area contributed by atoms with E-state index in [0.29, 0.717) is 30.5 Å². The van der Waals surface area contributed by atoms with Crippen LogP contribution in [-0.2, 0) is 20.7 Å². The number of carbonyl (C=O) groups is 2. The summed E-state index contributed by atoms with van der Waals surface area (Å²) >= 11 is 6.08. The second-order valence-electron chi connectivity index (χ2n) is 8.22. The third-order valence-corrected chi connectivity index (χ3v) is 6.44. The van der Waals surface area contributed by atoms with Gasteiger partial charge in [0, 0.05) is 38.9 Å². The highest BCUT2D eigenvalue weighted by Gasteiger charge is 2.26. The third kappa shape index (κ3) is 5.23. The highest BCUT2D eigenvalue weighted by atomic mass is 35.5.